The average molecular weight is 291 g/mol. The van der Waals surface area contributed by atoms with Crippen molar-refractivity contribution >= 4 is 5.91 Å². The second-order valence-corrected chi connectivity index (χ2v) is 6.01. The van der Waals surface area contributed by atoms with Crippen LogP contribution in [-0.4, -0.2) is 38.0 Å². The van der Waals surface area contributed by atoms with E-state index in [1.807, 2.05) is 32.3 Å². The quantitative estimate of drug-likeness (QED) is 0.733. The van der Waals surface area contributed by atoms with Crippen molar-refractivity contribution in [2.45, 2.75) is 32.2 Å². The SMILES string of the molecule is CC(CCN)CCC(=O)NC(CN(C)C)c1ccccc1. The van der Waals surface area contributed by atoms with E-state index in [1.165, 1.54) is 0 Å². The lowest BCUT2D eigenvalue weighted by Crippen LogP contribution is -2.35. The van der Waals surface area contributed by atoms with Gasteiger partial charge in [-0.05, 0) is 45.0 Å². The van der Waals surface area contributed by atoms with Crippen LogP contribution in [0.5, 0.6) is 0 Å². The normalized spacial score (nSPS) is 14.0. The van der Waals surface area contributed by atoms with Crippen molar-refractivity contribution in [3.63, 3.8) is 0 Å². The van der Waals surface area contributed by atoms with E-state index in [-0.39, 0.29) is 11.9 Å². The number of nitrogens with one attached hydrogen (secondary N) is 1. The summed E-state index contributed by atoms with van der Waals surface area (Å²) in [6, 6.07) is 10.2. The third kappa shape index (κ3) is 7.25. The fraction of sp³-hybridized carbons (Fsp3) is 0.588. The Morgan fingerprint density at radius 3 is 2.48 bits per heavy atom. The number of nitrogens with two attached hydrogens (primary N) is 1. The van der Waals surface area contributed by atoms with E-state index < -0.39 is 0 Å². The molecule has 3 N–H and O–H groups in total. The molecule has 118 valence electrons. The highest BCUT2D eigenvalue weighted by molar-refractivity contribution is 5.76. The van der Waals surface area contributed by atoms with Gasteiger partial charge in [0.2, 0.25) is 5.91 Å². The topological polar surface area (TPSA) is 58.4 Å². The second kappa shape index (κ2) is 9.53. The molecule has 0 heterocycles. The van der Waals surface area contributed by atoms with Gasteiger partial charge in [-0.3, -0.25) is 4.79 Å². The lowest BCUT2D eigenvalue weighted by atomic mass is 10.0. The van der Waals surface area contributed by atoms with Crippen molar-refractivity contribution in [2.75, 3.05) is 27.2 Å². The molecule has 1 aromatic carbocycles. The van der Waals surface area contributed by atoms with Crippen LogP contribution in [0, 0.1) is 5.92 Å². The Labute approximate surface area is 128 Å². The summed E-state index contributed by atoms with van der Waals surface area (Å²) in [4.78, 5) is 14.2. The van der Waals surface area contributed by atoms with E-state index in [2.05, 4.69) is 29.3 Å². The molecule has 4 heteroatoms. The van der Waals surface area contributed by atoms with Gasteiger partial charge in [0.05, 0.1) is 6.04 Å². The van der Waals surface area contributed by atoms with Gasteiger partial charge in [0.1, 0.15) is 0 Å². The number of hydrogen-bond acceptors (Lipinski definition) is 3. The number of hydrogen-bond donors (Lipinski definition) is 2. The standard InChI is InChI=1S/C17H29N3O/c1-14(11-12-18)9-10-17(21)19-16(13-20(2)3)15-7-5-4-6-8-15/h4-8,14,16H,9-13,18H2,1-3H3,(H,19,21). The van der Waals surface area contributed by atoms with E-state index in [0.29, 0.717) is 18.9 Å². The van der Waals surface area contributed by atoms with Gasteiger partial charge in [0.15, 0.2) is 0 Å². The summed E-state index contributed by atoms with van der Waals surface area (Å²) in [5, 5.41) is 3.15. The van der Waals surface area contributed by atoms with Crippen molar-refractivity contribution in [1.82, 2.24) is 10.2 Å². The van der Waals surface area contributed by atoms with Crippen LogP contribution < -0.4 is 11.1 Å². The summed E-state index contributed by atoms with van der Waals surface area (Å²) in [6.45, 7) is 3.64. The first-order chi connectivity index (χ1) is 10.0. The first-order valence-electron chi connectivity index (χ1n) is 7.72. The van der Waals surface area contributed by atoms with Gasteiger partial charge >= 0.3 is 0 Å². The molecule has 4 nitrogen and oxygen atoms in total. The predicted molar refractivity (Wildman–Crippen MR) is 87.9 cm³/mol. The van der Waals surface area contributed by atoms with Gasteiger partial charge in [0, 0.05) is 13.0 Å². The van der Waals surface area contributed by atoms with Crippen LogP contribution in [0.1, 0.15) is 37.8 Å². The van der Waals surface area contributed by atoms with Crippen molar-refractivity contribution in [3.05, 3.63) is 35.9 Å². The molecule has 0 saturated heterocycles. The monoisotopic (exact) mass is 291 g/mol. The van der Waals surface area contributed by atoms with E-state index in [1.54, 1.807) is 0 Å². The lowest BCUT2D eigenvalue weighted by Gasteiger charge is -2.23. The molecule has 1 amide bonds. The van der Waals surface area contributed by atoms with Gasteiger partial charge in [-0.25, -0.2) is 0 Å². The molecule has 2 atom stereocenters. The van der Waals surface area contributed by atoms with Crippen LogP contribution in [0.25, 0.3) is 0 Å². The Balaban J connectivity index is 2.54. The van der Waals surface area contributed by atoms with Crippen LogP contribution in [0.4, 0.5) is 0 Å². The second-order valence-electron chi connectivity index (χ2n) is 6.01. The van der Waals surface area contributed by atoms with E-state index in [9.17, 15) is 4.79 Å². The largest absolute Gasteiger partial charge is 0.348 e. The zero-order valence-electron chi connectivity index (χ0n) is 13.5. The Morgan fingerprint density at radius 2 is 1.90 bits per heavy atom. The lowest BCUT2D eigenvalue weighted by molar-refractivity contribution is -0.122. The molecule has 0 aliphatic heterocycles. The van der Waals surface area contributed by atoms with Gasteiger partial charge in [-0.1, -0.05) is 37.3 Å². The summed E-state index contributed by atoms with van der Waals surface area (Å²) in [7, 11) is 4.04. The molecule has 0 fully saturated rings. The fourth-order valence-corrected chi connectivity index (χ4v) is 2.36. The third-order valence-electron chi connectivity index (χ3n) is 3.61. The molecule has 0 aliphatic carbocycles. The van der Waals surface area contributed by atoms with E-state index in [0.717, 1.165) is 24.9 Å². The van der Waals surface area contributed by atoms with Crippen molar-refractivity contribution in [1.29, 1.82) is 0 Å². The van der Waals surface area contributed by atoms with Crippen LogP contribution >= 0.6 is 0 Å². The highest BCUT2D eigenvalue weighted by atomic mass is 16.1. The Hall–Kier alpha value is -1.39. The predicted octanol–water partition coefficient (Wildman–Crippen LogP) is 2.17. The van der Waals surface area contributed by atoms with Gasteiger partial charge in [0.25, 0.3) is 0 Å². The molecule has 0 radical (unpaired) electrons. The molecular weight excluding hydrogens is 262 g/mol. The minimum Gasteiger partial charge on any atom is -0.348 e. The van der Waals surface area contributed by atoms with Gasteiger partial charge in [-0.15, -0.1) is 0 Å². The molecular formula is C17H29N3O. The maximum Gasteiger partial charge on any atom is 0.220 e. The molecule has 0 aliphatic rings. The maximum atomic E-state index is 12.2. The Morgan fingerprint density at radius 1 is 1.24 bits per heavy atom. The van der Waals surface area contributed by atoms with Gasteiger partial charge in [-0.2, -0.15) is 0 Å². The number of carbonyl (C=O) groups excluding carboxylic acids is 1. The molecule has 1 aromatic rings. The van der Waals surface area contributed by atoms with Gasteiger partial charge < -0.3 is 16.0 Å². The van der Waals surface area contributed by atoms with Crippen molar-refractivity contribution in [2.24, 2.45) is 11.7 Å². The number of carbonyl (C=O) groups is 1. The summed E-state index contributed by atoms with van der Waals surface area (Å²) < 4.78 is 0. The zero-order chi connectivity index (χ0) is 15.7. The first kappa shape index (κ1) is 17.7. The summed E-state index contributed by atoms with van der Waals surface area (Å²) in [5.41, 5.74) is 6.69. The number of rotatable bonds is 9. The highest BCUT2D eigenvalue weighted by Crippen LogP contribution is 2.15. The molecule has 0 saturated carbocycles. The molecule has 1 rings (SSSR count). The maximum absolute atomic E-state index is 12.2. The summed E-state index contributed by atoms with van der Waals surface area (Å²) >= 11 is 0. The van der Waals surface area contributed by atoms with E-state index >= 15 is 0 Å². The minimum absolute atomic E-state index is 0.0403. The summed E-state index contributed by atoms with van der Waals surface area (Å²) in [6.07, 6.45) is 2.44. The average Bonchev–Trinajstić information content (AvgIpc) is 2.45. The summed E-state index contributed by atoms with van der Waals surface area (Å²) in [5.74, 6) is 0.624. The molecule has 0 spiro atoms. The molecule has 2 unspecified atom stereocenters. The third-order valence-corrected chi connectivity index (χ3v) is 3.61. The zero-order valence-corrected chi connectivity index (χ0v) is 13.5. The Kier molecular flexibility index (Phi) is 8.01. The highest BCUT2D eigenvalue weighted by Gasteiger charge is 2.15. The minimum atomic E-state index is 0.0403. The number of benzene rings is 1. The van der Waals surface area contributed by atoms with Crippen LogP contribution in [-0.2, 0) is 4.79 Å². The Bertz CT molecular complexity index is 406. The number of likely N-dealkylation sites (N-methyl/N-ethyl adjacent to an activating group) is 1. The van der Waals surface area contributed by atoms with Crippen LogP contribution in [0.3, 0.4) is 0 Å². The fourth-order valence-electron chi connectivity index (χ4n) is 2.36. The van der Waals surface area contributed by atoms with Crippen molar-refractivity contribution in [3.8, 4) is 0 Å². The molecule has 21 heavy (non-hydrogen) atoms. The van der Waals surface area contributed by atoms with Crippen LogP contribution in [0.2, 0.25) is 0 Å². The smallest absolute Gasteiger partial charge is 0.220 e. The van der Waals surface area contributed by atoms with Crippen LogP contribution in [0.15, 0.2) is 30.3 Å². The number of nitrogens with zero attached hydrogens (tertiary/aromatic N) is 1. The molecule has 0 aromatic heterocycles. The van der Waals surface area contributed by atoms with Crippen molar-refractivity contribution < 1.29 is 4.79 Å². The number of amides is 1. The first-order valence-corrected chi connectivity index (χ1v) is 7.72. The van der Waals surface area contributed by atoms with E-state index in [4.69, 9.17) is 5.73 Å². The molecule has 0 bridgehead atoms.